The van der Waals surface area contributed by atoms with Crippen LogP contribution in [0, 0.1) is 11.2 Å². The van der Waals surface area contributed by atoms with Gasteiger partial charge >= 0.3 is 12.1 Å². The third-order valence-corrected chi connectivity index (χ3v) is 7.76. The van der Waals surface area contributed by atoms with Crippen LogP contribution in [0.15, 0.2) is 72.8 Å². The number of halogens is 2. The van der Waals surface area contributed by atoms with Crippen molar-refractivity contribution in [3.8, 4) is 11.1 Å². The smallest absolute Gasteiger partial charge is 0.407 e. The first-order chi connectivity index (χ1) is 21.4. The van der Waals surface area contributed by atoms with Gasteiger partial charge in [-0.05, 0) is 94.7 Å². The van der Waals surface area contributed by atoms with Gasteiger partial charge in [-0.1, -0.05) is 66.2 Å². The van der Waals surface area contributed by atoms with Crippen LogP contribution < -0.4 is 5.32 Å². The van der Waals surface area contributed by atoms with E-state index in [0.29, 0.717) is 29.2 Å². The van der Waals surface area contributed by atoms with Crippen LogP contribution in [0.3, 0.4) is 0 Å². The van der Waals surface area contributed by atoms with E-state index in [1.165, 1.54) is 12.1 Å². The molecule has 1 heterocycles. The molecule has 1 amide bonds. The molecule has 0 bridgehead atoms. The number of esters is 1. The second kappa shape index (κ2) is 15.7. The molecule has 1 aliphatic heterocycles. The van der Waals surface area contributed by atoms with Crippen LogP contribution in [-0.2, 0) is 36.8 Å². The summed E-state index contributed by atoms with van der Waals surface area (Å²) in [6.07, 6.45) is 2.28. The van der Waals surface area contributed by atoms with Gasteiger partial charge in [0, 0.05) is 23.2 Å². The topological polar surface area (TPSA) is 83.1 Å². The van der Waals surface area contributed by atoms with Crippen LogP contribution in [0.2, 0.25) is 5.02 Å². The highest BCUT2D eigenvalue weighted by atomic mass is 35.5. The number of hydrogen-bond acceptors (Lipinski definition) is 6. The molecule has 0 saturated carbocycles. The van der Waals surface area contributed by atoms with Gasteiger partial charge in [-0.3, -0.25) is 4.79 Å². The minimum absolute atomic E-state index is 0.0464. The monoisotopic (exact) mass is 639 g/mol. The molecule has 242 valence electrons. The summed E-state index contributed by atoms with van der Waals surface area (Å²) in [5.74, 6) is -0.812. The molecule has 1 aliphatic rings. The van der Waals surface area contributed by atoms with E-state index in [1.54, 1.807) is 33.8 Å². The van der Waals surface area contributed by atoms with E-state index < -0.39 is 35.4 Å². The fourth-order valence-corrected chi connectivity index (χ4v) is 5.41. The molecule has 4 rings (SSSR count). The zero-order valence-corrected chi connectivity index (χ0v) is 27.2. The average molecular weight is 640 g/mol. The number of nitrogens with one attached hydrogen (secondary N) is 1. The van der Waals surface area contributed by atoms with Crippen molar-refractivity contribution in [2.45, 2.75) is 84.3 Å². The first-order valence-corrected chi connectivity index (χ1v) is 15.8. The number of alkyl carbamates (subject to hydrolysis) is 1. The fourth-order valence-electron chi connectivity index (χ4n) is 5.23. The Kier molecular flexibility index (Phi) is 12.0. The van der Waals surface area contributed by atoms with E-state index >= 15 is 0 Å². The molecule has 9 heteroatoms. The van der Waals surface area contributed by atoms with Gasteiger partial charge in [0.05, 0.1) is 12.0 Å². The van der Waals surface area contributed by atoms with E-state index in [2.05, 4.69) is 5.32 Å². The van der Waals surface area contributed by atoms with Crippen LogP contribution in [0.5, 0.6) is 0 Å². The Morgan fingerprint density at radius 1 is 1.00 bits per heavy atom. The Morgan fingerprint density at radius 3 is 2.40 bits per heavy atom. The summed E-state index contributed by atoms with van der Waals surface area (Å²) in [6.45, 7) is 7.93. The molecule has 1 fully saturated rings. The molecule has 2 unspecified atom stereocenters. The van der Waals surface area contributed by atoms with Crippen molar-refractivity contribution in [2.24, 2.45) is 5.41 Å². The van der Waals surface area contributed by atoms with Gasteiger partial charge < -0.3 is 24.3 Å². The molecule has 1 saturated heterocycles. The predicted octanol–water partition coefficient (Wildman–Crippen LogP) is 8.26. The van der Waals surface area contributed by atoms with Crippen molar-refractivity contribution >= 4 is 23.7 Å². The van der Waals surface area contributed by atoms with Gasteiger partial charge in [0.2, 0.25) is 0 Å². The van der Waals surface area contributed by atoms with Crippen molar-refractivity contribution in [1.82, 2.24) is 5.32 Å². The van der Waals surface area contributed by atoms with E-state index in [9.17, 15) is 14.0 Å². The van der Waals surface area contributed by atoms with Crippen molar-refractivity contribution in [3.63, 3.8) is 0 Å². The quantitative estimate of drug-likeness (QED) is 0.201. The molecular formula is C36H43ClFNO6. The van der Waals surface area contributed by atoms with E-state index in [4.69, 9.17) is 30.5 Å². The Labute approximate surface area is 270 Å². The molecule has 3 aromatic carbocycles. The van der Waals surface area contributed by atoms with E-state index in [0.717, 1.165) is 30.4 Å². The summed E-state index contributed by atoms with van der Waals surface area (Å²) < 4.78 is 37.8. The van der Waals surface area contributed by atoms with Crippen LogP contribution in [0.4, 0.5) is 9.18 Å². The lowest BCUT2D eigenvalue weighted by Crippen LogP contribution is -2.47. The van der Waals surface area contributed by atoms with Crippen LogP contribution in [-0.4, -0.2) is 43.2 Å². The molecular weight excluding hydrogens is 597 g/mol. The van der Waals surface area contributed by atoms with Crippen LogP contribution in [0.1, 0.15) is 64.5 Å². The summed E-state index contributed by atoms with van der Waals surface area (Å²) in [5.41, 5.74) is 0.970. The third-order valence-electron chi connectivity index (χ3n) is 7.52. The molecule has 3 atom stereocenters. The number of amides is 1. The van der Waals surface area contributed by atoms with Crippen LogP contribution in [0.25, 0.3) is 11.1 Å². The normalized spacial score (nSPS) is 17.2. The van der Waals surface area contributed by atoms with Gasteiger partial charge in [0.15, 0.2) is 6.29 Å². The number of carbonyl (C=O) groups excluding carboxylic acids is 2. The van der Waals surface area contributed by atoms with E-state index in [-0.39, 0.29) is 25.5 Å². The molecule has 0 aliphatic carbocycles. The Bertz CT molecular complexity index is 1410. The van der Waals surface area contributed by atoms with Crippen molar-refractivity contribution in [3.05, 3.63) is 94.8 Å². The Hall–Kier alpha value is -3.46. The van der Waals surface area contributed by atoms with Crippen molar-refractivity contribution in [1.29, 1.82) is 0 Å². The Balaban J connectivity index is 1.56. The number of rotatable bonds is 12. The molecule has 0 spiro atoms. The van der Waals surface area contributed by atoms with Gasteiger partial charge in [0.25, 0.3) is 0 Å². The highest BCUT2D eigenvalue weighted by molar-refractivity contribution is 6.30. The second-order valence-electron chi connectivity index (χ2n) is 12.8. The molecule has 45 heavy (non-hydrogen) atoms. The second-order valence-corrected chi connectivity index (χ2v) is 13.2. The van der Waals surface area contributed by atoms with Gasteiger partial charge in [0.1, 0.15) is 18.0 Å². The zero-order valence-electron chi connectivity index (χ0n) is 26.4. The lowest BCUT2D eigenvalue weighted by Gasteiger charge is -2.34. The van der Waals surface area contributed by atoms with Crippen molar-refractivity contribution < 1.29 is 32.9 Å². The number of ether oxygens (including phenoxy) is 4. The predicted molar refractivity (Wildman–Crippen MR) is 172 cm³/mol. The average Bonchev–Trinajstić information content (AvgIpc) is 3.00. The number of carbonyl (C=O) groups is 2. The first kappa shape index (κ1) is 34.4. The summed E-state index contributed by atoms with van der Waals surface area (Å²) in [6, 6.07) is 20.7. The fraction of sp³-hybridized carbons (Fsp3) is 0.444. The number of benzene rings is 3. The maximum absolute atomic E-state index is 14.5. The standard InChI is InChI=1S/C36H43ClFNO6/c1-35(2,3)45-34(41)39-29(20-25-13-15-27(16-14-25)30-21-28(37)17-18-31(30)38)22-36(4,24-44-32-12-8-9-19-42-32)33(40)43-23-26-10-6-5-7-11-26/h5-7,10-11,13-18,21,29,32H,8-9,12,19-20,22-24H2,1-4H3,(H,39,41)/t29-,32?,36?/m1/s1. The summed E-state index contributed by atoms with van der Waals surface area (Å²) in [7, 11) is 0. The van der Waals surface area contributed by atoms with Gasteiger partial charge in [-0.15, -0.1) is 0 Å². The molecule has 1 N–H and O–H groups in total. The minimum Gasteiger partial charge on any atom is -0.460 e. The number of hydrogen-bond donors (Lipinski definition) is 1. The first-order valence-electron chi connectivity index (χ1n) is 15.4. The minimum atomic E-state index is -1.13. The third kappa shape index (κ3) is 10.8. The maximum atomic E-state index is 14.5. The summed E-state index contributed by atoms with van der Waals surface area (Å²) in [4.78, 5) is 26.7. The van der Waals surface area contributed by atoms with Gasteiger partial charge in [-0.25, -0.2) is 9.18 Å². The molecule has 3 aromatic rings. The van der Waals surface area contributed by atoms with Crippen molar-refractivity contribution in [2.75, 3.05) is 13.2 Å². The lowest BCUT2D eigenvalue weighted by molar-refractivity contribution is -0.191. The molecule has 7 nitrogen and oxygen atoms in total. The Morgan fingerprint density at radius 2 is 1.73 bits per heavy atom. The zero-order chi connectivity index (χ0) is 32.5. The maximum Gasteiger partial charge on any atom is 0.407 e. The van der Waals surface area contributed by atoms with E-state index in [1.807, 2.05) is 54.6 Å². The lowest BCUT2D eigenvalue weighted by atomic mass is 9.82. The van der Waals surface area contributed by atoms with Crippen LogP contribution >= 0.6 is 11.6 Å². The highest BCUT2D eigenvalue weighted by Gasteiger charge is 2.40. The summed E-state index contributed by atoms with van der Waals surface area (Å²) in [5, 5.41) is 3.42. The molecule has 0 radical (unpaired) electrons. The summed E-state index contributed by atoms with van der Waals surface area (Å²) >= 11 is 6.11. The SMILES string of the molecule is CC(C)(C)OC(=O)N[C@H](Cc1ccc(-c2cc(Cl)ccc2F)cc1)CC(C)(COC1CCCCO1)C(=O)OCc1ccccc1. The van der Waals surface area contributed by atoms with Gasteiger partial charge in [-0.2, -0.15) is 0 Å². The molecule has 0 aromatic heterocycles. The highest BCUT2D eigenvalue weighted by Crippen LogP contribution is 2.31. The largest absolute Gasteiger partial charge is 0.460 e.